The number of anilines is 8. The van der Waals surface area contributed by atoms with Crippen molar-refractivity contribution < 1.29 is 0 Å². The van der Waals surface area contributed by atoms with Gasteiger partial charge in [0, 0.05) is 50.9 Å². The van der Waals surface area contributed by atoms with Gasteiger partial charge in [-0.1, -0.05) is 172 Å². The highest BCUT2D eigenvalue weighted by Gasteiger charge is 2.70. The van der Waals surface area contributed by atoms with Crippen LogP contribution in [-0.4, -0.2) is 12.3 Å². The van der Waals surface area contributed by atoms with Gasteiger partial charge in [-0.15, -0.1) is 0 Å². The van der Waals surface area contributed by atoms with E-state index >= 15 is 0 Å². The van der Waals surface area contributed by atoms with Crippen molar-refractivity contribution in [3.63, 3.8) is 0 Å². The van der Waals surface area contributed by atoms with E-state index in [1.54, 1.807) is 0 Å². The highest BCUT2D eigenvalue weighted by atomic mass is 15.3. The van der Waals surface area contributed by atoms with E-state index < -0.39 is 0 Å². The van der Waals surface area contributed by atoms with Crippen molar-refractivity contribution in [3.8, 4) is 0 Å². The molecule has 0 spiro atoms. The summed E-state index contributed by atoms with van der Waals surface area (Å²) in [5, 5.41) is 0. The van der Waals surface area contributed by atoms with E-state index in [9.17, 15) is 0 Å². The SMILES string of the molecule is Cc1cc2c3c(c1)N(c1cccc(C(C)(C)C)c1)c1cc(C(C)(C)C)ccc1B3c1ccc(N3c4ccc(C(C)(C)C)cc4C4(C)C(C)(C)CCC(C)(C)C34C)cc1N2c1ccc(C(C)(C)C)cc1. The maximum Gasteiger partial charge on any atom is 0.252 e. The van der Waals surface area contributed by atoms with Gasteiger partial charge in [-0.25, -0.2) is 0 Å². The van der Waals surface area contributed by atoms with E-state index in [2.05, 4.69) is 262 Å². The fraction of sp³-hybridized carbons (Fsp3) is 0.446. The van der Waals surface area contributed by atoms with Gasteiger partial charge in [-0.2, -0.15) is 0 Å². The smallest absolute Gasteiger partial charge is 0.252 e. The molecule has 1 aliphatic carbocycles. The summed E-state index contributed by atoms with van der Waals surface area (Å²) >= 11 is 0. The first-order valence-electron chi connectivity index (χ1n) is 26.1. The van der Waals surface area contributed by atoms with Crippen LogP contribution >= 0.6 is 0 Å². The lowest BCUT2D eigenvalue weighted by molar-refractivity contribution is -0.0415. The van der Waals surface area contributed by atoms with Crippen LogP contribution in [0.25, 0.3) is 0 Å². The van der Waals surface area contributed by atoms with Gasteiger partial charge >= 0.3 is 0 Å². The van der Waals surface area contributed by atoms with Crippen LogP contribution in [0.3, 0.4) is 0 Å². The van der Waals surface area contributed by atoms with E-state index in [-0.39, 0.29) is 50.2 Å². The third kappa shape index (κ3) is 6.87. The lowest BCUT2D eigenvalue weighted by atomic mass is 9.33. The molecule has 0 bridgehead atoms. The minimum atomic E-state index is -0.229. The average Bonchev–Trinajstić information content (AvgIpc) is 3.48. The Morgan fingerprint density at radius 2 is 0.899 bits per heavy atom. The van der Waals surface area contributed by atoms with Crippen molar-refractivity contribution >= 4 is 68.6 Å². The first-order chi connectivity index (χ1) is 31.9. The number of hydrogen-bond donors (Lipinski definition) is 0. The highest BCUT2D eigenvalue weighted by Crippen LogP contribution is 2.71. The van der Waals surface area contributed by atoms with Gasteiger partial charge in [0.2, 0.25) is 0 Å². The Bertz CT molecular complexity index is 3050. The van der Waals surface area contributed by atoms with Crippen LogP contribution in [0.2, 0.25) is 0 Å². The van der Waals surface area contributed by atoms with Gasteiger partial charge in [0.05, 0.1) is 5.54 Å². The molecule has 1 fully saturated rings. The molecule has 6 aromatic carbocycles. The van der Waals surface area contributed by atoms with Crippen LogP contribution in [0, 0.1) is 17.8 Å². The molecule has 3 aliphatic heterocycles. The Hall–Kier alpha value is -5.22. The predicted octanol–water partition coefficient (Wildman–Crippen LogP) is 16.3. The molecule has 4 heteroatoms. The minimum Gasteiger partial charge on any atom is -0.334 e. The summed E-state index contributed by atoms with van der Waals surface area (Å²) in [4.78, 5) is 8.05. The monoisotopic (exact) mass is 914 g/mol. The molecular weight excluding hydrogens is 834 g/mol. The molecule has 0 aromatic heterocycles. The van der Waals surface area contributed by atoms with Crippen LogP contribution in [0.1, 0.15) is 171 Å². The van der Waals surface area contributed by atoms with Crippen molar-refractivity contribution in [3.05, 3.63) is 149 Å². The molecule has 0 saturated heterocycles. The molecule has 358 valence electrons. The fourth-order valence-corrected chi connectivity index (χ4v) is 13.3. The van der Waals surface area contributed by atoms with E-state index in [1.807, 2.05) is 0 Å². The van der Waals surface area contributed by atoms with E-state index in [1.165, 1.54) is 108 Å². The third-order valence-corrected chi connectivity index (χ3v) is 18.4. The Morgan fingerprint density at radius 1 is 0.420 bits per heavy atom. The molecule has 6 aromatic rings. The molecule has 1 saturated carbocycles. The summed E-state index contributed by atoms with van der Waals surface area (Å²) in [6.45, 7) is 45.9. The van der Waals surface area contributed by atoms with Gasteiger partial charge in [0.15, 0.2) is 0 Å². The summed E-state index contributed by atoms with van der Waals surface area (Å²) < 4.78 is 0. The standard InChI is InChI=1S/C65H80BN3/c1-41-35-55-57-56(36-41)68(47-22-20-21-43(37-47)59(5,6)7)53-39-45(61(11,12)13)25-30-50(53)66(57)51-31-29-48(40-54(51)67(55)46-27-23-42(24-28-46)58(2,3)4)69-52-32-26-44(60(8,9)10)38-49(52)64(18)62(14,15)33-34-63(16,17)65(64,69)19/h20-32,35-40H,33-34H2,1-19H3. The normalized spacial score (nSPS) is 21.4. The van der Waals surface area contributed by atoms with Crippen molar-refractivity contribution in [1.29, 1.82) is 0 Å². The second-order valence-electron chi connectivity index (χ2n) is 27.5. The number of fused-ring (bicyclic) bond motifs is 7. The van der Waals surface area contributed by atoms with Crippen LogP contribution < -0.4 is 31.1 Å². The molecule has 69 heavy (non-hydrogen) atoms. The molecule has 0 N–H and O–H groups in total. The zero-order valence-corrected chi connectivity index (χ0v) is 45.8. The van der Waals surface area contributed by atoms with Crippen molar-refractivity contribution in [2.24, 2.45) is 10.8 Å². The molecule has 0 amide bonds. The summed E-state index contributed by atoms with van der Waals surface area (Å²) in [6, 6.07) is 46.3. The quantitative estimate of drug-likeness (QED) is 0.164. The Balaban J connectivity index is 1.28. The second kappa shape index (κ2) is 14.9. The van der Waals surface area contributed by atoms with Gasteiger partial charge in [-0.05, 0) is 170 Å². The maximum absolute atomic E-state index is 2.82. The zero-order chi connectivity index (χ0) is 50.0. The number of aryl methyl sites for hydroxylation is 1. The highest BCUT2D eigenvalue weighted by molar-refractivity contribution is 7.00. The summed E-state index contributed by atoms with van der Waals surface area (Å²) in [7, 11) is 0. The van der Waals surface area contributed by atoms with Gasteiger partial charge in [0.1, 0.15) is 0 Å². The van der Waals surface area contributed by atoms with Crippen LogP contribution in [0.15, 0.2) is 115 Å². The predicted molar refractivity (Wildman–Crippen MR) is 301 cm³/mol. The third-order valence-electron chi connectivity index (χ3n) is 18.4. The van der Waals surface area contributed by atoms with Gasteiger partial charge in [-0.3, -0.25) is 0 Å². The summed E-state index contributed by atoms with van der Waals surface area (Å²) in [6.07, 6.45) is 2.36. The molecule has 4 aliphatic rings. The second-order valence-corrected chi connectivity index (χ2v) is 27.5. The van der Waals surface area contributed by atoms with E-state index in [0.717, 1.165) is 0 Å². The molecule has 2 unspecified atom stereocenters. The maximum atomic E-state index is 2.82. The number of rotatable bonds is 3. The first kappa shape index (κ1) is 47.5. The van der Waals surface area contributed by atoms with E-state index in [4.69, 9.17) is 0 Å². The first-order valence-corrected chi connectivity index (χ1v) is 26.1. The zero-order valence-electron chi connectivity index (χ0n) is 45.8. The largest absolute Gasteiger partial charge is 0.334 e. The van der Waals surface area contributed by atoms with Crippen LogP contribution in [-0.2, 0) is 27.1 Å². The summed E-state index contributed by atoms with van der Waals surface area (Å²) in [5.41, 5.74) is 22.1. The fourth-order valence-electron chi connectivity index (χ4n) is 13.3. The van der Waals surface area contributed by atoms with Crippen LogP contribution in [0.5, 0.6) is 0 Å². The van der Waals surface area contributed by atoms with Crippen LogP contribution in [0.4, 0.5) is 45.5 Å². The Morgan fingerprint density at radius 3 is 1.49 bits per heavy atom. The molecule has 10 rings (SSSR count). The molecule has 0 radical (unpaired) electrons. The number of nitrogens with zero attached hydrogens (tertiary/aromatic N) is 3. The van der Waals surface area contributed by atoms with Crippen molar-refractivity contribution in [1.82, 2.24) is 0 Å². The molecule has 2 atom stereocenters. The van der Waals surface area contributed by atoms with Crippen molar-refractivity contribution in [2.45, 2.75) is 177 Å². The number of benzene rings is 6. The molecule has 3 nitrogen and oxygen atoms in total. The van der Waals surface area contributed by atoms with Crippen molar-refractivity contribution in [2.75, 3.05) is 14.7 Å². The average molecular weight is 914 g/mol. The van der Waals surface area contributed by atoms with Gasteiger partial charge < -0.3 is 14.7 Å². The van der Waals surface area contributed by atoms with E-state index in [0.29, 0.717) is 0 Å². The Kier molecular flexibility index (Phi) is 10.3. The van der Waals surface area contributed by atoms with Gasteiger partial charge in [0.25, 0.3) is 6.71 Å². The lowest BCUT2D eigenvalue weighted by Crippen LogP contribution is -2.69. The lowest BCUT2D eigenvalue weighted by Gasteiger charge is -2.65. The Labute approximate surface area is 417 Å². The molecule has 3 heterocycles. The topological polar surface area (TPSA) is 9.72 Å². The molecular formula is C65H80BN3. The summed E-state index contributed by atoms with van der Waals surface area (Å²) in [5.74, 6) is 0. The minimum absolute atomic E-state index is 0.00491. The number of hydrogen-bond acceptors (Lipinski definition) is 3.